The lowest BCUT2D eigenvalue weighted by Gasteiger charge is -2.29. The standard InChI is InChI=1S/C27H40O7/c28-24-18-25(29)23(22(24)12-6-1-2-7-13-26(30)31)16-15-21(34-27-14-8-9-17-32-27)19-33-20-10-4-3-5-11-20/h1,3-6,10-11,21-25,27-29H,2,7-9,12-19H2,(H,30,31)/b6-1-/t21-,22+,23+,24-,25+,27?/m0/s1. The number of para-hydroxylation sites is 1. The van der Waals surface area contributed by atoms with Crippen molar-refractivity contribution in [2.24, 2.45) is 11.8 Å². The van der Waals surface area contributed by atoms with Crippen LogP contribution in [-0.2, 0) is 14.3 Å². The Morgan fingerprint density at radius 1 is 1.12 bits per heavy atom. The van der Waals surface area contributed by atoms with E-state index in [2.05, 4.69) is 0 Å². The van der Waals surface area contributed by atoms with Gasteiger partial charge in [0, 0.05) is 13.0 Å². The summed E-state index contributed by atoms with van der Waals surface area (Å²) in [6, 6.07) is 9.66. The monoisotopic (exact) mass is 476 g/mol. The normalized spacial score (nSPS) is 28.2. The van der Waals surface area contributed by atoms with Gasteiger partial charge in [0.2, 0.25) is 0 Å². The predicted molar refractivity (Wildman–Crippen MR) is 128 cm³/mol. The third kappa shape index (κ3) is 9.02. The van der Waals surface area contributed by atoms with Crippen LogP contribution in [0.1, 0.15) is 64.2 Å². The number of carbonyl (C=O) groups is 1. The Balaban J connectivity index is 1.53. The molecule has 3 rings (SSSR count). The van der Waals surface area contributed by atoms with Gasteiger partial charge in [-0.3, -0.25) is 4.79 Å². The molecule has 2 aliphatic rings. The molecule has 190 valence electrons. The zero-order valence-electron chi connectivity index (χ0n) is 20.0. The highest BCUT2D eigenvalue weighted by Crippen LogP contribution is 2.38. The third-order valence-corrected chi connectivity index (χ3v) is 6.84. The number of carboxylic acid groups (broad SMARTS) is 1. The van der Waals surface area contributed by atoms with E-state index in [0.717, 1.165) is 31.4 Å². The van der Waals surface area contributed by atoms with Crippen LogP contribution in [0.25, 0.3) is 0 Å². The van der Waals surface area contributed by atoms with E-state index in [1.807, 2.05) is 42.5 Å². The molecular formula is C27H40O7. The maximum absolute atomic E-state index is 10.6. The van der Waals surface area contributed by atoms with Gasteiger partial charge in [-0.2, -0.15) is 0 Å². The first-order chi connectivity index (χ1) is 16.5. The van der Waals surface area contributed by atoms with Gasteiger partial charge in [-0.15, -0.1) is 0 Å². The molecule has 0 radical (unpaired) electrons. The molecule has 1 aliphatic carbocycles. The van der Waals surface area contributed by atoms with Crippen molar-refractivity contribution in [2.75, 3.05) is 13.2 Å². The van der Waals surface area contributed by atoms with Crippen molar-refractivity contribution in [2.45, 2.75) is 88.8 Å². The van der Waals surface area contributed by atoms with Crippen molar-refractivity contribution < 1.29 is 34.3 Å². The average Bonchev–Trinajstić information content (AvgIpc) is 3.11. The minimum absolute atomic E-state index is 0.0197. The first-order valence-electron chi connectivity index (χ1n) is 12.7. The molecule has 0 amide bonds. The minimum Gasteiger partial charge on any atom is -0.491 e. The summed E-state index contributed by atoms with van der Waals surface area (Å²) in [5.41, 5.74) is 0. The van der Waals surface area contributed by atoms with Crippen molar-refractivity contribution >= 4 is 5.97 Å². The molecule has 7 nitrogen and oxygen atoms in total. The van der Waals surface area contributed by atoms with E-state index >= 15 is 0 Å². The van der Waals surface area contributed by atoms with Crippen molar-refractivity contribution in [3.8, 4) is 5.75 Å². The molecule has 7 heteroatoms. The lowest BCUT2D eigenvalue weighted by molar-refractivity contribution is -0.195. The van der Waals surface area contributed by atoms with Crippen LogP contribution < -0.4 is 4.74 Å². The van der Waals surface area contributed by atoms with E-state index in [-0.39, 0.29) is 30.7 Å². The maximum Gasteiger partial charge on any atom is 0.303 e. The first kappa shape index (κ1) is 26.7. The van der Waals surface area contributed by atoms with Gasteiger partial charge in [0.05, 0.1) is 18.3 Å². The molecule has 0 bridgehead atoms. The number of ether oxygens (including phenoxy) is 3. The summed E-state index contributed by atoms with van der Waals surface area (Å²) in [6.07, 6.45) is 9.53. The number of aliphatic hydroxyl groups excluding tert-OH is 2. The Morgan fingerprint density at radius 2 is 1.91 bits per heavy atom. The molecule has 1 saturated heterocycles. The number of carboxylic acids is 1. The van der Waals surface area contributed by atoms with Gasteiger partial charge in [0.25, 0.3) is 0 Å². The fraction of sp³-hybridized carbons (Fsp3) is 0.667. The quantitative estimate of drug-likeness (QED) is 0.271. The summed E-state index contributed by atoms with van der Waals surface area (Å²) in [6.45, 7) is 1.12. The molecule has 34 heavy (non-hydrogen) atoms. The Morgan fingerprint density at radius 3 is 2.65 bits per heavy atom. The van der Waals surface area contributed by atoms with Gasteiger partial charge in [-0.25, -0.2) is 0 Å². The summed E-state index contributed by atoms with van der Waals surface area (Å²) in [4.78, 5) is 10.6. The van der Waals surface area contributed by atoms with Crippen LogP contribution in [0.5, 0.6) is 5.75 Å². The van der Waals surface area contributed by atoms with Crippen molar-refractivity contribution in [3.63, 3.8) is 0 Å². The number of aliphatic carboxylic acids is 1. The summed E-state index contributed by atoms with van der Waals surface area (Å²) in [7, 11) is 0. The number of benzene rings is 1. The van der Waals surface area contributed by atoms with Crippen LogP contribution in [0.3, 0.4) is 0 Å². The van der Waals surface area contributed by atoms with Crippen LogP contribution in [-0.4, -0.2) is 59.1 Å². The van der Waals surface area contributed by atoms with Gasteiger partial charge >= 0.3 is 5.97 Å². The van der Waals surface area contributed by atoms with Crippen molar-refractivity contribution in [1.82, 2.24) is 0 Å². The molecule has 0 aromatic heterocycles. The van der Waals surface area contributed by atoms with Crippen LogP contribution in [0, 0.1) is 11.8 Å². The number of rotatable bonds is 14. The number of allylic oxidation sites excluding steroid dienone is 2. The SMILES string of the molecule is O=C(O)CCC/C=C\C[C@@H]1[C@@H](CC[C@@H](COc2ccccc2)OC2CCCCO2)[C@H](O)C[C@@H]1O. The van der Waals surface area contributed by atoms with E-state index in [1.165, 1.54) is 0 Å². The fourth-order valence-corrected chi connectivity index (χ4v) is 4.96. The summed E-state index contributed by atoms with van der Waals surface area (Å²) in [5, 5.41) is 29.9. The predicted octanol–water partition coefficient (Wildman–Crippen LogP) is 4.32. The van der Waals surface area contributed by atoms with Gasteiger partial charge in [-0.1, -0.05) is 30.4 Å². The zero-order valence-corrected chi connectivity index (χ0v) is 20.0. The van der Waals surface area contributed by atoms with Gasteiger partial charge in [0.1, 0.15) is 12.4 Å². The lowest BCUT2D eigenvalue weighted by atomic mass is 9.86. The van der Waals surface area contributed by atoms with Gasteiger partial charge in [-0.05, 0) is 81.8 Å². The number of hydrogen-bond donors (Lipinski definition) is 3. The Kier molecular flexibility index (Phi) is 11.3. The molecule has 1 aromatic carbocycles. The van der Waals surface area contributed by atoms with Crippen LogP contribution in [0.4, 0.5) is 0 Å². The number of unbranched alkanes of at least 4 members (excludes halogenated alkanes) is 1. The molecule has 1 unspecified atom stereocenters. The second kappa shape index (κ2) is 14.5. The highest BCUT2D eigenvalue weighted by atomic mass is 16.7. The van der Waals surface area contributed by atoms with E-state index in [0.29, 0.717) is 45.3 Å². The van der Waals surface area contributed by atoms with E-state index in [4.69, 9.17) is 19.3 Å². The third-order valence-electron chi connectivity index (χ3n) is 6.84. The molecular weight excluding hydrogens is 436 g/mol. The topological polar surface area (TPSA) is 105 Å². The van der Waals surface area contributed by atoms with E-state index in [1.54, 1.807) is 0 Å². The van der Waals surface area contributed by atoms with Crippen molar-refractivity contribution in [3.05, 3.63) is 42.5 Å². The smallest absolute Gasteiger partial charge is 0.303 e. The Labute approximate surface area is 202 Å². The number of hydrogen-bond acceptors (Lipinski definition) is 6. The minimum atomic E-state index is -0.783. The summed E-state index contributed by atoms with van der Waals surface area (Å²) in [5.74, 6) is -0.0292. The van der Waals surface area contributed by atoms with E-state index < -0.39 is 18.2 Å². The molecule has 1 saturated carbocycles. The second-order valence-corrected chi connectivity index (χ2v) is 9.45. The zero-order chi connectivity index (χ0) is 24.2. The summed E-state index contributed by atoms with van der Waals surface area (Å²) >= 11 is 0. The van der Waals surface area contributed by atoms with Gasteiger partial charge in [0.15, 0.2) is 6.29 Å². The lowest BCUT2D eigenvalue weighted by Crippen LogP contribution is -2.33. The average molecular weight is 477 g/mol. The van der Waals surface area contributed by atoms with Gasteiger partial charge < -0.3 is 29.5 Å². The largest absolute Gasteiger partial charge is 0.491 e. The van der Waals surface area contributed by atoms with E-state index in [9.17, 15) is 15.0 Å². The Bertz CT molecular complexity index is 732. The highest BCUT2D eigenvalue weighted by molar-refractivity contribution is 5.66. The molecule has 1 aromatic rings. The second-order valence-electron chi connectivity index (χ2n) is 9.45. The van der Waals surface area contributed by atoms with Crippen LogP contribution in [0.2, 0.25) is 0 Å². The molecule has 0 spiro atoms. The molecule has 1 heterocycles. The highest BCUT2D eigenvalue weighted by Gasteiger charge is 2.41. The van der Waals surface area contributed by atoms with Crippen molar-refractivity contribution in [1.29, 1.82) is 0 Å². The molecule has 1 aliphatic heterocycles. The summed E-state index contributed by atoms with van der Waals surface area (Å²) < 4.78 is 18.0. The van der Waals surface area contributed by atoms with Crippen LogP contribution in [0.15, 0.2) is 42.5 Å². The fourth-order valence-electron chi connectivity index (χ4n) is 4.96. The molecule has 2 fully saturated rings. The maximum atomic E-state index is 10.6. The number of aliphatic hydroxyl groups is 2. The Hall–Kier alpha value is -1.93. The molecule has 3 N–H and O–H groups in total. The first-order valence-corrected chi connectivity index (χ1v) is 12.7. The van der Waals surface area contributed by atoms with Crippen LogP contribution >= 0.6 is 0 Å². The molecule has 6 atom stereocenters.